The molecule has 0 spiro atoms. The molecule has 0 unspecified atom stereocenters. The van der Waals surface area contributed by atoms with E-state index in [-0.39, 0.29) is 48.7 Å². The maximum atomic E-state index is 13.7. The van der Waals surface area contributed by atoms with Gasteiger partial charge in [-0.15, -0.1) is 10.2 Å². The van der Waals surface area contributed by atoms with Crippen LogP contribution in [0, 0.1) is 5.82 Å². The van der Waals surface area contributed by atoms with E-state index in [9.17, 15) is 17.9 Å². The average molecular weight is 551 g/mol. The summed E-state index contributed by atoms with van der Waals surface area (Å²) in [6, 6.07) is 0. The summed E-state index contributed by atoms with van der Waals surface area (Å²) in [5.74, 6) is -0.249. The molecule has 3 aromatic rings. The van der Waals surface area contributed by atoms with Crippen LogP contribution in [0.4, 0.5) is 10.3 Å². The Balaban J connectivity index is 1.51. The fourth-order valence-electron chi connectivity index (χ4n) is 4.71. The quantitative estimate of drug-likeness (QED) is 0.410. The van der Waals surface area contributed by atoms with Gasteiger partial charge in [-0.2, -0.15) is 9.97 Å². The van der Waals surface area contributed by atoms with Gasteiger partial charge in [0.2, 0.25) is 17.7 Å². The first-order valence-electron chi connectivity index (χ1n) is 11.9. The van der Waals surface area contributed by atoms with Gasteiger partial charge in [0.05, 0.1) is 38.0 Å². The number of anilines is 1. The third-order valence-corrected chi connectivity index (χ3v) is 8.47. The molecule has 0 aromatic carbocycles. The highest BCUT2D eigenvalue weighted by atomic mass is 32.2. The Morgan fingerprint density at radius 3 is 2.45 bits per heavy atom. The number of ether oxygens (including phenoxy) is 3. The second-order valence-electron chi connectivity index (χ2n) is 8.98. The minimum absolute atomic E-state index is 0.00779. The summed E-state index contributed by atoms with van der Waals surface area (Å²) in [7, 11) is -1.07. The van der Waals surface area contributed by atoms with Gasteiger partial charge in [-0.1, -0.05) is 0 Å². The minimum Gasteiger partial charge on any atom is -0.479 e. The lowest BCUT2D eigenvalue weighted by atomic mass is 10.1. The summed E-state index contributed by atoms with van der Waals surface area (Å²) in [5.41, 5.74) is 0.253. The number of nitrogens with zero attached hydrogens (tertiary/aromatic N) is 8. The fourth-order valence-corrected chi connectivity index (χ4v) is 6.42. The molecule has 2 aliphatic rings. The first-order valence-corrected chi connectivity index (χ1v) is 13.6. The molecule has 3 aromatic heterocycles. The number of hydrogen-bond acceptors (Lipinski definition) is 13. The number of aliphatic hydroxyl groups is 1. The number of aliphatic hydroxyl groups excluding tert-OH is 1. The number of halogens is 1. The van der Waals surface area contributed by atoms with Crippen LogP contribution in [0.1, 0.15) is 37.0 Å². The maximum Gasteiger partial charge on any atom is 0.245 e. The zero-order chi connectivity index (χ0) is 26.9. The Kier molecular flexibility index (Phi) is 7.36. The molecule has 0 amide bonds. The number of rotatable bonds is 8. The normalized spacial score (nSPS) is 22.0. The van der Waals surface area contributed by atoms with E-state index in [0.29, 0.717) is 18.9 Å². The van der Waals surface area contributed by atoms with E-state index in [1.54, 1.807) is 0 Å². The summed E-state index contributed by atoms with van der Waals surface area (Å²) in [4.78, 5) is 17.7. The smallest absolute Gasteiger partial charge is 0.245 e. The Hall–Kier alpha value is -3.50. The minimum atomic E-state index is -3.92. The van der Waals surface area contributed by atoms with Crippen molar-refractivity contribution in [1.82, 2.24) is 34.7 Å². The third kappa shape index (κ3) is 5.10. The van der Waals surface area contributed by atoms with Crippen LogP contribution in [0.25, 0.3) is 5.69 Å². The summed E-state index contributed by atoms with van der Waals surface area (Å²) in [6.07, 6.45) is 3.36. The van der Waals surface area contributed by atoms with Crippen molar-refractivity contribution in [2.45, 2.75) is 42.5 Å². The van der Waals surface area contributed by atoms with Crippen molar-refractivity contribution in [2.24, 2.45) is 0 Å². The van der Waals surface area contributed by atoms with Gasteiger partial charge in [0.1, 0.15) is 18.2 Å². The molecule has 16 heteroatoms. The molecule has 3 atom stereocenters. The summed E-state index contributed by atoms with van der Waals surface area (Å²) >= 11 is 0. The highest BCUT2D eigenvalue weighted by Crippen LogP contribution is 2.36. The standard InChI is InChI=1S/C22H27FN8O6S/c1-35-20-18(21(36-2)27-12-26-20)31-17(28-29-19(31)16-4-3-5-37-16)11-38(33,34)15-6-14(32)9-30(10-15)22-24-7-13(23)8-25-22/h7-8,12,14-16,32H,3-6,9-11H2,1-2H3/t14-,15-,16-/m1/s1. The zero-order valence-electron chi connectivity index (χ0n) is 20.8. The van der Waals surface area contributed by atoms with Crippen LogP contribution in [0.15, 0.2) is 18.7 Å². The SMILES string of the molecule is COc1ncnc(OC)c1-n1c(CS(=O)(=O)[C@@H]2C[C@@H](O)CN(c3ncc(F)cn3)C2)nnc1[C@H]1CCCO1. The predicted molar refractivity (Wildman–Crippen MR) is 129 cm³/mol. The van der Waals surface area contributed by atoms with Crippen LogP contribution >= 0.6 is 0 Å². The van der Waals surface area contributed by atoms with E-state index in [4.69, 9.17) is 14.2 Å². The first kappa shape index (κ1) is 26.1. The van der Waals surface area contributed by atoms with Crippen LogP contribution in [-0.4, -0.2) is 93.5 Å². The van der Waals surface area contributed by atoms with Crippen LogP contribution in [0.5, 0.6) is 11.8 Å². The lowest BCUT2D eigenvalue weighted by Crippen LogP contribution is -2.49. The van der Waals surface area contributed by atoms with Gasteiger partial charge < -0.3 is 24.2 Å². The molecule has 0 aliphatic carbocycles. The van der Waals surface area contributed by atoms with Crippen molar-refractivity contribution < 1.29 is 32.1 Å². The Morgan fingerprint density at radius 2 is 1.82 bits per heavy atom. The van der Waals surface area contributed by atoms with Gasteiger partial charge in [-0.3, -0.25) is 4.57 Å². The number of methoxy groups -OCH3 is 2. The van der Waals surface area contributed by atoms with Gasteiger partial charge in [-0.05, 0) is 19.3 Å². The van der Waals surface area contributed by atoms with Gasteiger partial charge in [0, 0.05) is 19.7 Å². The zero-order valence-corrected chi connectivity index (χ0v) is 21.6. The van der Waals surface area contributed by atoms with Crippen molar-refractivity contribution in [1.29, 1.82) is 0 Å². The topological polar surface area (TPSA) is 168 Å². The van der Waals surface area contributed by atoms with Crippen molar-refractivity contribution >= 4 is 15.8 Å². The van der Waals surface area contributed by atoms with Crippen LogP contribution in [-0.2, 0) is 20.3 Å². The van der Waals surface area contributed by atoms with E-state index in [2.05, 4.69) is 30.1 Å². The predicted octanol–water partition coefficient (Wildman–Crippen LogP) is 0.410. The Bertz CT molecular complexity index is 1360. The summed E-state index contributed by atoms with van der Waals surface area (Å²) in [5, 5.41) is 18.0. The number of β-amino-alcohol motifs (C(OH)–C–C–N with tert-alkyl or cyclic N) is 1. The molecule has 5 rings (SSSR count). The number of piperidine rings is 1. The molecule has 38 heavy (non-hydrogen) atoms. The lowest BCUT2D eigenvalue weighted by molar-refractivity contribution is 0.103. The van der Waals surface area contributed by atoms with Crippen LogP contribution in [0.3, 0.4) is 0 Å². The summed E-state index contributed by atoms with van der Waals surface area (Å²) < 4.78 is 58.9. The Morgan fingerprint density at radius 1 is 1.11 bits per heavy atom. The van der Waals surface area contributed by atoms with E-state index < -0.39 is 38.9 Å². The number of aromatic nitrogens is 7. The average Bonchev–Trinajstić information content (AvgIpc) is 3.58. The molecule has 1 N–H and O–H groups in total. The van der Waals surface area contributed by atoms with Gasteiger partial charge in [0.25, 0.3) is 0 Å². The van der Waals surface area contributed by atoms with E-state index in [1.165, 1.54) is 30.0 Å². The monoisotopic (exact) mass is 550 g/mol. The molecule has 2 aliphatic heterocycles. The third-order valence-electron chi connectivity index (χ3n) is 6.46. The molecule has 2 saturated heterocycles. The van der Waals surface area contributed by atoms with Crippen molar-refractivity contribution in [3.05, 3.63) is 36.2 Å². The highest BCUT2D eigenvalue weighted by Gasteiger charge is 2.38. The van der Waals surface area contributed by atoms with Gasteiger partial charge in [-0.25, -0.2) is 22.8 Å². The van der Waals surface area contributed by atoms with E-state index >= 15 is 0 Å². The lowest BCUT2D eigenvalue weighted by Gasteiger charge is -2.35. The molecule has 14 nitrogen and oxygen atoms in total. The maximum absolute atomic E-state index is 13.7. The molecule has 0 radical (unpaired) electrons. The largest absolute Gasteiger partial charge is 0.479 e. The molecular weight excluding hydrogens is 523 g/mol. The second kappa shape index (κ2) is 10.7. The van der Waals surface area contributed by atoms with Crippen molar-refractivity contribution in [2.75, 3.05) is 38.8 Å². The fraction of sp³-hybridized carbons (Fsp3) is 0.545. The molecule has 5 heterocycles. The van der Waals surface area contributed by atoms with Gasteiger partial charge in [0.15, 0.2) is 33.0 Å². The molecule has 204 valence electrons. The van der Waals surface area contributed by atoms with Gasteiger partial charge >= 0.3 is 0 Å². The molecule has 0 saturated carbocycles. The molecule has 2 fully saturated rings. The second-order valence-corrected chi connectivity index (χ2v) is 11.3. The van der Waals surface area contributed by atoms with Crippen molar-refractivity contribution in [3.8, 4) is 17.4 Å². The number of sulfone groups is 1. The highest BCUT2D eigenvalue weighted by molar-refractivity contribution is 7.91. The van der Waals surface area contributed by atoms with E-state index in [0.717, 1.165) is 18.8 Å². The summed E-state index contributed by atoms with van der Waals surface area (Å²) in [6.45, 7) is 0.664. The molecule has 0 bridgehead atoms. The first-order chi connectivity index (χ1) is 18.3. The van der Waals surface area contributed by atoms with Crippen LogP contribution < -0.4 is 14.4 Å². The Labute approximate surface area is 217 Å². The molecular formula is C22H27FN8O6S. The number of hydrogen-bond donors (Lipinski definition) is 1. The van der Waals surface area contributed by atoms with Crippen molar-refractivity contribution in [3.63, 3.8) is 0 Å². The van der Waals surface area contributed by atoms with E-state index in [1.807, 2.05) is 0 Å². The van der Waals surface area contributed by atoms with Crippen LogP contribution in [0.2, 0.25) is 0 Å².